The molecule has 0 amide bonds. The molecule has 2 heterocycles. The molecular weight excluding hydrogens is 356 g/mol. The number of ether oxygens (including phenoxy) is 1. The highest BCUT2D eigenvalue weighted by Gasteiger charge is 2.51. The maximum absolute atomic E-state index is 11.9. The first-order valence-corrected chi connectivity index (χ1v) is 9.30. The molecule has 1 atom stereocenters. The van der Waals surface area contributed by atoms with Crippen molar-refractivity contribution < 1.29 is 9.66 Å². The lowest BCUT2D eigenvalue weighted by Crippen LogP contribution is -2.22. The van der Waals surface area contributed by atoms with Gasteiger partial charge in [0.05, 0.1) is 10.6 Å². The molecule has 5 rings (SSSR count). The highest BCUT2D eigenvalue weighted by atomic mass is 16.6. The van der Waals surface area contributed by atoms with Crippen LogP contribution in [0.15, 0.2) is 70.1 Å². The molecular formula is C21H18N4O3. The first-order chi connectivity index (χ1) is 13.7. The molecule has 1 saturated carbocycles. The number of allylic oxidation sites excluding steroid dienone is 1. The second kappa shape index (κ2) is 6.37. The van der Waals surface area contributed by atoms with Gasteiger partial charge in [-0.3, -0.25) is 10.1 Å². The Kier molecular flexibility index (Phi) is 3.82. The van der Waals surface area contributed by atoms with Gasteiger partial charge in [-0.25, -0.2) is 0 Å². The summed E-state index contributed by atoms with van der Waals surface area (Å²) < 4.78 is 5.81. The standard InChI is InChI=1S/C21H18N4O3/c26-25(27)18-12-15(21(8-9-21)19-13-22-24-23-19)11-17-16(7-4-10-28-20(17)18)14-5-2-1-3-6-14/h1-7,11-12,16H,8-10,13H2. The van der Waals surface area contributed by atoms with Crippen molar-refractivity contribution >= 4 is 11.4 Å². The van der Waals surface area contributed by atoms with Crippen molar-refractivity contribution in [3.05, 3.63) is 81.4 Å². The molecule has 2 aromatic carbocycles. The molecule has 0 bridgehead atoms. The van der Waals surface area contributed by atoms with E-state index in [1.165, 1.54) is 0 Å². The molecule has 1 unspecified atom stereocenters. The molecule has 1 aliphatic carbocycles. The molecule has 3 aliphatic rings. The second-order valence-electron chi connectivity index (χ2n) is 7.32. The van der Waals surface area contributed by atoms with E-state index in [9.17, 15) is 10.1 Å². The van der Waals surface area contributed by atoms with E-state index < -0.39 is 0 Å². The Morgan fingerprint density at radius 3 is 2.68 bits per heavy atom. The van der Waals surface area contributed by atoms with Crippen LogP contribution in [-0.2, 0) is 5.41 Å². The third-order valence-corrected chi connectivity index (χ3v) is 5.75. The summed E-state index contributed by atoms with van der Waals surface area (Å²) in [5.74, 6) is 0.249. The van der Waals surface area contributed by atoms with E-state index in [1.54, 1.807) is 6.07 Å². The minimum atomic E-state index is -0.350. The third kappa shape index (κ3) is 2.62. The molecule has 1 fully saturated rings. The maximum Gasteiger partial charge on any atom is 0.311 e. The van der Waals surface area contributed by atoms with Gasteiger partial charge < -0.3 is 4.74 Å². The Bertz CT molecular complexity index is 1040. The van der Waals surface area contributed by atoms with Gasteiger partial charge in [-0.2, -0.15) is 5.11 Å². The first-order valence-electron chi connectivity index (χ1n) is 9.30. The minimum Gasteiger partial charge on any atom is -0.482 e. The van der Waals surface area contributed by atoms with Gasteiger partial charge in [-0.1, -0.05) is 42.5 Å². The van der Waals surface area contributed by atoms with Gasteiger partial charge in [0.15, 0.2) is 0 Å². The second-order valence-corrected chi connectivity index (χ2v) is 7.32. The number of benzene rings is 2. The zero-order valence-electron chi connectivity index (χ0n) is 15.1. The minimum absolute atomic E-state index is 0.0101. The van der Waals surface area contributed by atoms with Gasteiger partial charge >= 0.3 is 5.69 Å². The van der Waals surface area contributed by atoms with Crippen LogP contribution in [0.4, 0.5) is 5.69 Å². The predicted molar refractivity (Wildman–Crippen MR) is 104 cm³/mol. The monoisotopic (exact) mass is 374 g/mol. The SMILES string of the molecule is O=[N+]([O-])c1cc(C2(C3=NN=NC3)CC2)cc2c1OCC=CC2c1ccccc1. The van der Waals surface area contributed by atoms with E-state index in [-0.39, 0.29) is 21.9 Å². The van der Waals surface area contributed by atoms with Crippen molar-refractivity contribution in [3.63, 3.8) is 0 Å². The molecule has 28 heavy (non-hydrogen) atoms. The van der Waals surface area contributed by atoms with E-state index in [0.29, 0.717) is 18.9 Å². The fourth-order valence-electron chi connectivity index (χ4n) is 4.15. The van der Waals surface area contributed by atoms with Gasteiger partial charge in [-0.05, 0) is 35.3 Å². The maximum atomic E-state index is 11.9. The van der Waals surface area contributed by atoms with Crippen LogP contribution in [0.5, 0.6) is 5.75 Å². The van der Waals surface area contributed by atoms with Crippen molar-refractivity contribution in [2.45, 2.75) is 24.2 Å². The summed E-state index contributed by atoms with van der Waals surface area (Å²) in [5.41, 5.74) is 3.41. The Hall–Kier alpha value is -3.35. The van der Waals surface area contributed by atoms with Crippen molar-refractivity contribution in [1.29, 1.82) is 0 Å². The largest absolute Gasteiger partial charge is 0.482 e. The number of rotatable bonds is 4. The van der Waals surface area contributed by atoms with Crippen LogP contribution in [0.25, 0.3) is 0 Å². The lowest BCUT2D eigenvalue weighted by Gasteiger charge is -2.21. The van der Waals surface area contributed by atoms with Crippen molar-refractivity contribution in [2.75, 3.05) is 13.2 Å². The zero-order valence-corrected chi connectivity index (χ0v) is 15.1. The fraction of sp³-hybridized carbons (Fsp3) is 0.286. The van der Waals surface area contributed by atoms with Gasteiger partial charge in [0, 0.05) is 23.0 Å². The summed E-state index contributed by atoms with van der Waals surface area (Å²) in [5, 5.41) is 23.8. The molecule has 0 saturated heterocycles. The van der Waals surface area contributed by atoms with Gasteiger partial charge in [0.1, 0.15) is 13.2 Å². The van der Waals surface area contributed by atoms with E-state index >= 15 is 0 Å². The van der Waals surface area contributed by atoms with Crippen molar-refractivity contribution in [3.8, 4) is 5.75 Å². The molecule has 0 spiro atoms. The Morgan fingerprint density at radius 2 is 2.00 bits per heavy atom. The molecule has 7 heteroatoms. The van der Waals surface area contributed by atoms with E-state index in [0.717, 1.165) is 35.2 Å². The molecule has 0 radical (unpaired) electrons. The van der Waals surface area contributed by atoms with Gasteiger partial charge in [0.25, 0.3) is 0 Å². The van der Waals surface area contributed by atoms with Crippen LogP contribution in [-0.4, -0.2) is 23.8 Å². The Balaban J connectivity index is 1.70. The summed E-state index contributed by atoms with van der Waals surface area (Å²) in [4.78, 5) is 11.5. The average Bonchev–Trinajstić information content (AvgIpc) is 3.40. The van der Waals surface area contributed by atoms with E-state index in [4.69, 9.17) is 4.74 Å². The van der Waals surface area contributed by atoms with Crippen LogP contribution >= 0.6 is 0 Å². The average molecular weight is 374 g/mol. The molecule has 2 aliphatic heterocycles. The summed E-state index contributed by atoms with van der Waals surface area (Å²) in [6.45, 7) is 0.773. The number of hydrogen-bond acceptors (Lipinski definition) is 6. The highest BCUT2D eigenvalue weighted by Crippen LogP contribution is 2.53. The zero-order chi connectivity index (χ0) is 19.1. The van der Waals surface area contributed by atoms with Crippen LogP contribution in [0, 0.1) is 10.1 Å². The quantitative estimate of drug-likeness (QED) is 0.447. The number of nitrogens with zero attached hydrogens (tertiary/aromatic N) is 4. The number of nitro benzene ring substituents is 1. The smallest absolute Gasteiger partial charge is 0.311 e. The predicted octanol–water partition coefficient (Wildman–Crippen LogP) is 4.53. The number of fused-ring (bicyclic) bond motifs is 1. The lowest BCUT2D eigenvalue weighted by molar-refractivity contribution is -0.385. The van der Waals surface area contributed by atoms with Crippen molar-refractivity contribution in [2.24, 2.45) is 15.4 Å². The molecule has 7 nitrogen and oxygen atoms in total. The normalized spacial score (nSPS) is 21.4. The van der Waals surface area contributed by atoms with Crippen LogP contribution in [0.2, 0.25) is 0 Å². The van der Waals surface area contributed by atoms with Crippen LogP contribution in [0.3, 0.4) is 0 Å². The molecule has 140 valence electrons. The summed E-state index contributed by atoms with van der Waals surface area (Å²) in [6.07, 6.45) is 5.79. The Morgan fingerprint density at radius 1 is 1.18 bits per heavy atom. The van der Waals surface area contributed by atoms with Crippen molar-refractivity contribution in [1.82, 2.24) is 0 Å². The van der Waals surface area contributed by atoms with Crippen LogP contribution < -0.4 is 4.74 Å². The lowest BCUT2D eigenvalue weighted by atomic mass is 9.84. The van der Waals surface area contributed by atoms with E-state index in [1.807, 2.05) is 36.4 Å². The fourth-order valence-corrected chi connectivity index (χ4v) is 4.15. The third-order valence-electron chi connectivity index (χ3n) is 5.75. The molecule has 2 aromatic rings. The molecule has 0 N–H and O–H groups in total. The number of nitro groups is 1. The highest BCUT2D eigenvalue weighted by molar-refractivity contribution is 6.00. The van der Waals surface area contributed by atoms with E-state index in [2.05, 4.69) is 27.6 Å². The summed E-state index contributed by atoms with van der Waals surface area (Å²) in [7, 11) is 0. The molecule has 0 aromatic heterocycles. The van der Waals surface area contributed by atoms with Gasteiger partial charge in [0.2, 0.25) is 5.75 Å². The Labute approximate surface area is 161 Å². The number of hydrogen-bond donors (Lipinski definition) is 0. The topological polar surface area (TPSA) is 89.5 Å². The van der Waals surface area contributed by atoms with Gasteiger partial charge in [-0.15, -0.1) is 5.10 Å². The summed E-state index contributed by atoms with van der Waals surface area (Å²) >= 11 is 0. The first kappa shape index (κ1) is 16.8. The summed E-state index contributed by atoms with van der Waals surface area (Å²) in [6, 6.07) is 13.7. The van der Waals surface area contributed by atoms with Crippen LogP contribution in [0.1, 0.15) is 35.4 Å².